The minimum absolute atomic E-state index is 0. The van der Waals surface area contributed by atoms with Gasteiger partial charge in [-0.05, 0) is 25.9 Å². The summed E-state index contributed by atoms with van der Waals surface area (Å²) in [5, 5.41) is 6.42. The van der Waals surface area contributed by atoms with Crippen molar-refractivity contribution in [2.24, 2.45) is 4.99 Å². The zero-order valence-corrected chi connectivity index (χ0v) is 15.0. The van der Waals surface area contributed by atoms with Gasteiger partial charge in [-0.1, -0.05) is 6.92 Å². The van der Waals surface area contributed by atoms with Gasteiger partial charge in [0.05, 0.1) is 13.5 Å². The Labute approximate surface area is 138 Å². The highest BCUT2D eigenvalue weighted by molar-refractivity contribution is 14.0. The number of hydrogen-bond donors (Lipinski definition) is 2. The molecule has 1 rings (SSSR count). The number of aliphatic imine (C=N–C) groups is 1. The van der Waals surface area contributed by atoms with Gasteiger partial charge in [0.25, 0.3) is 0 Å². The van der Waals surface area contributed by atoms with Crippen LogP contribution in [-0.4, -0.2) is 63.2 Å². The minimum Gasteiger partial charge on any atom is -0.469 e. The molecule has 1 atom stereocenters. The number of carbonyl (C=O) groups excluding carboxylic acids is 1. The molecular weight excluding hydrogens is 371 g/mol. The molecule has 6 nitrogen and oxygen atoms in total. The lowest BCUT2D eigenvalue weighted by Crippen LogP contribution is -2.45. The van der Waals surface area contributed by atoms with Crippen molar-refractivity contribution in [1.82, 2.24) is 15.5 Å². The molecule has 0 aromatic heterocycles. The molecule has 0 aliphatic carbocycles. The van der Waals surface area contributed by atoms with Crippen molar-refractivity contribution in [2.75, 3.05) is 40.3 Å². The summed E-state index contributed by atoms with van der Waals surface area (Å²) in [6, 6.07) is 0.587. The molecular formula is C13H27IN4O2. The van der Waals surface area contributed by atoms with Crippen molar-refractivity contribution in [1.29, 1.82) is 0 Å². The van der Waals surface area contributed by atoms with Crippen molar-refractivity contribution in [3.05, 3.63) is 0 Å². The van der Waals surface area contributed by atoms with E-state index >= 15 is 0 Å². The lowest BCUT2D eigenvalue weighted by Gasteiger charge is -2.23. The van der Waals surface area contributed by atoms with Crippen LogP contribution >= 0.6 is 24.0 Å². The van der Waals surface area contributed by atoms with E-state index in [4.69, 9.17) is 0 Å². The molecule has 0 amide bonds. The summed E-state index contributed by atoms with van der Waals surface area (Å²) in [7, 11) is 3.13. The number of hydrogen-bond acceptors (Lipinski definition) is 4. The number of esters is 1. The summed E-state index contributed by atoms with van der Waals surface area (Å²) in [5.41, 5.74) is 0. The molecule has 1 heterocycles. The fraction of sp³-hybridized carbons (Fsp3) is 0.846. The normalized spacial score (nSPS) is 19.4. The molecule has 0 aromatic rings. The van der Waals surface area contributed by atoms with Crippen molar-refractivity contribution in [3.8, 4) is 0 Å². The monoisotopic (exact) mass is 398 g/mol. The smallest absolute Gasteiger partial charge is 0.307 e. The Kier molecular flexibility index (Phi) is 10.8. The summed E-state index contributed by atoms with van der Waals surface area (Å²) in [4.78, 5) is 17.6. The van der Waals surface area contributed by atoms with E-state index in [0.29, 0.717) is 19.0 Å². The van der Waals surface area contributed by atoms with Crippen molar-refractivity contribution in [2.45, 2.75) is 32.2 Å². The van der Waals surface area contributed by atoms with Crippen LogP contribution in [0.25, 0.3) is 0 Å². The Morgan fingerprint density at radius 3 is 2.80 bits per heavy atom. The summed E-state index contributed by atoms with van der Waals surface area (Å²) < 4.78 is 4.59. The molecule has 0 bridgehead atoms. The number of guanidine groups is 1. The lowest BCUT2D eigenvalue weighted by molar-refractivity contribution is -0.140. The molecule has 1 unspecified atom stereocenters. The molecule has 20 heavy (non-hydrogen) atoms. The van der Waals surface area contributed by atoms with Crippen LogP contribution in [0.3, 0.4) is 0 Å². The van der Waals surface area contributed by atoms with Gasteiger partial charge in [-0.25, -0.2) is 0 Å². The van der Waals surface area contributed by atoms with Crippen LogP contribution < -0.4 is 10.6 Å². The SMILES string of the molecule is CCN1CCCC1CNC(=NC)NCCC(=O)OC.I. The number of carbonyl (C=O) groups is 1. The van der Waals surface area contributed by atoms with Crippen molar-refractivity contribution >= 4 is 35.9 Å². The maximum Gasteiger partial charge on any atom is 0.307 e. The van der Waals surface area contributed by atoms with Gasteiger partial charge in [0.2, 0.25) is 0 Å². The molecule has 0 spiro atoms. The summed E-state index contributed by atoms with van der Waals surface area (Å²) in [5.74, 6) is 0.530. The number of methoxy groups -OCH3 is 1. The number of rotatable bonds is 6. The molecule has 118 valence electrons. The molecule has 1 fully saturated rings. The van der Waals surface area contributed by atoms with Gasteiger partial charge in [-0.2, -0.15) is 0 Å². The van der Waals surface area contributed by atoms with E-state index in [-0.39, 0.29) is 29.9 Å². The van der Waals surface area contributed by atoms with E-state index in [1.807, 2.05) is 0 Å². The van der Waals surface area contributed by atoms with E-state index in [9.17, 15) is 4.79 Å². The van der Waals surface area contributed by atoms with Crippen LogP contribution in [0, 0.1) is 0 Å². The average molecular weight is 398 g/mol. The Balaban J connectivity index is 0.00000361. The van der Waals surface area contributed by atoms with Gasteiger partial charge in [0.15, 0.2) is 5.96 Å². The second-order valence-corrected chi connectivity index (χ2v) is 4.63. The van der Waals surface area contributed by atoms with Gasteiger partial charge in [-0.15, -0.1) is 24.0 Å². The Morgan fingerprint density at radius 2 is 2.20 bits per heavy atom. The molecule has 0 radical (unpaired) electrons. The van der Waals surface area contributed by atoms with Gasteiger partial charge < -0.3 is 15.4 Å². The number of nitrogens with one attached hydrogen (secondary N) is 2. The maximum absolute atomic E-state index is 11.0. The molecule has 1 saturated heterocycles. The van der Waals surface area contributed by atoms with Crippen LogP contribution in [0.15, 0.2) is 4.99 Å². The van der Waals surface area contributed by atoms with Gasteiger partial charge >= 0.3 is 5.97 Å². The third-order valence-corrected chi connectivity index (χ3v) is 3.48. The molecule has 2 N–H and O–H groups in total. The first-order valence-electron chi connectivity index (χ1n) is 6.96. The third kappa shape index (κ3) is 6.74. The Bertz CT molecular complexity index is 313. The van der Waals surface area contributed by atoms with E-state index in [1.165, 1.54) is 26.5 Å². The van der Waals surface area contributed by atoms with Crippen molar-refractivity contribution < 1.29 is 9.53 Å². The first kappa shape index (κ1) is 19.4. The summed E-state index contributed by atoms with van der Waals surface area (Å²) >= 11 is 0. The maximum atomic E-state index is 11.0. The first-order chi connectivity index (χ1) is 9.21. The van der Waals surface area contributed by atoms with E-state index < -0.39 is 0 Å². The second kappa shape index (κ2) is 11.1. The first-order valence-corrected chi connectivity index (χ1v) is 6.96. The van der Waals surface area contributed by atoms with Gasteiger partial charge in [0.1, 0.15) is 0 Å². The number of halogens is 1. The van der Waals surface area contributed by atoms with Crippen LogP contribution in [0.2, 0.25) is 0 Å². The summed E-state index contributed by atoms with van der Waals surface area (Å²) in [6.45, 7) is 5.92. The average Bonchev–Trinajstić information content (AvgIpc) is 2.89. The molecule has 1 aliphatic heterocycles. The van der Waals surface area contributed by atoms with Gasteiger partial charge in [-0.3, -0.25) is 14.7 Å². The van der Waals surface area contributed by atoms with Crippen LogP contribution in [-0.2, 0) is 9.53 Å². The highest BCUT2D eigenvalue weighted by Crippen LogP contribution is 2.15. The third-order valence-electron chi connectivity index (χ3n) is 3.48. The molecule has 7 heteroatoms. The lowest BCUT2D eigenvalue weighted by atomic mass is 10.2. The Hall–Kier alpha value is -0.570. The van der Waals surface area contributed by atoms with Crippen LogP contribution in [0.5, 0.6) is 0 Å². The second-order valence-electron chi connectivity index (χ2n) is 4.63. The minimum atomic E-state index is -0.212. The highest BCUT2D eigenvalue weighted by atomic mass is 127. The number of likely N-dealkylation sites (N-methyl/N-ethyl adjacent to an activating group) is 1. The fourth-order valence-electron chi connectivity index (χ4n) is 2.36. The molecule has 1 aliphatic rings. The number of likely N-dealkylation sites (tertiary alicyclic amines) is 1. The van der Waals surface area contributed by atoms with E-state index in [1.54, 1.807) is 7.05 Å². The molecule has 0 saturated carbocycles. The zero-order valence-electron chi connectivity index (χ0n) is 12.6. The van der Waals surface area contributed by atoms with Crippen molar-refractivity contribution in [3.63, 3.8) is 0 Å². The predicted octanol–water partition coefficient (Wildman–Crippen LogP) is 0.817. The largest absolute Gasteiger partial charge is 0.469 e. The Morgan fingerprint density at radius 1 is 1.45 bits per heavy atom. The van der Waals surface area contributed by atoms with E-state index in [0.717, 1.165) is 19.0 Å². The highest BCUT2D eigenvalue weighted by Gasteiger charge is 2.22. The molecule has 0 aromatic carbocycles. The quantitative estimate of drug-likeness (QED) is 0.300. The zero-order chi connectivity index (χ0) is 14.1. The standard InChI is InChI=1S/C13H26N4O2.HI/c1-4-17-9-5-6-11(17)10-16-13(14-2)15-8-7-12(18)19-3;/h11H,4-10H2,1-3H3,(H2,14,15,16);1H. The number of ether oxygens (including phenoxy) is 1. The fourth-order valence-corrected chi connectivity index (χ4v) is 2.36. The summed E-state index contributed by atoms with van der Waals surface area (Å²) in [6.07, 6.45) is 2.86. The van der Waals surface area contributed by atoms with Crippen LogP contribution in [0.1, 0.15) is 26.2 Å². The number of nitrogens with zero attached hydrogens (tertiary/aromatic N) is 2. The predicted molar refractivity (Wildman–Crippen MR) is 91.7 cm³/mol. The topological polar surface area (TPSA) is 66.0 Å². The van der Waals surface area contributed by atoms with Gasteiger partial charge in [0, 0.05) is 26.2 Å². The van der Waals surface area contributed by atoms with E-state index in [2.05, 4.69) is 32.2 Å². The van der Waals surface area contributed by atoms with Crippen LogP contribution in [0.4, 0.5) is 0 Å².